The highest BCUT2D eigenvalue weighted by molar-refractivity contribution is 7.71. The molecule has 1 aliphatic rings. The molecule has 0 atom stereocenters. The highest BCUT2D eigenvalue weighted by Crippen LogP contribution is 2.22. The second-order valence-corrected chi connectivity index (χ2v) is 6.96. The van der Waals surface area contributed by atoms with E-state index in [2.05, 4.69) is 21.6 Å². The van der Waals surface area contributed by atoms with Gasteiger partial charge in [-0.3, -0.25) is 19.1 Å². The number of allylic oxidation sites excluding steroid dienone is 2. The smallest absolute Gasteiger partial charge is 0.271 e. The van der Waals surface area contributed by atoms with Crippen molar-refractivity contribution >= 4 is 24.3 Å². The molecule has 1 aliphatic carbocycles. The number of hydrazone groups is 1. The van der Waals surface area contributed by atoms with Crippen molar-refractivity contribution in [2.45, 2.75) is 38.6 Å². The summed E-state index contributed by atoms with van der Waals surface area (Å²) in [5, 5.41) is 14.3. The highest BCUT2D eigenvalue weighted by Gasteiger charge is 2.12. The minimum absolute atomic E-state index is 0.0559. The number of amides is 1. The first-order valence-electron chi connectivity index (χ1n) is 9.18. The van der Waals surface area contributed by atoms with Crippen LogP contribution in [0.5, 0.6) is 5.88 Å². The van der Waals surface area contributed by atoms with Crippen LogP contribution < -0.4 is 11.0 Å². The van der Waals surface area contributed by atoms with Crippen molar-refractivity contribution in [1.82, 2.24) is 15.0 Å². The van der Waals surface area contributed by atoms with Gasteiger partial charge in [-0.15, -0.1) is 0 Å². The van der Waals surface area contributed by atoms with E-state index in [1.165, 1.54) is 23.0 Å². The van der Waals surface area contributed by atoms with E-state index in [0.717, 1.165) is 25.5 Å². The molecule has 0 bridgehead atoms. The van der Waals surface area contributed by atoms with Crippen molar-refractivity contribution in [2.75, 3.05) is 0 Å². The molecule has 3 rings (SSSR count). The molecule has 0 saturated carbocycles. The molecule has 8 heteroatoms. The van der Waals surface area contributed by atoms with Gasteiger partial charge in [0.1, 0.15) is 5.56 Å². The van der Waals surface area contributed by atoms with Crippen molar-refractivity contribution in [2.24, 2.45) is 5.10 Å². The zero-order chi connectivity index (χ0) is 19.9. The zero-order valence-electron chi connectivity index (χ0n) is 15.4. The Morgan fingerprint density at radius 3 is 2.82 bits per heavy atom. The van der Waals surface area contributed by atoms with E-state index in [1.54, 1.807) is 30.3 Å². The number of rotatable bonds is 6. The van der Waals surface area contributed by atoms with Crippen molar-refractivity contribution < 1.29 is 9.90 Å². The van der Waals surface area contributed by atoms with E-state index in [4.69, 9.17) is 12.2 Å². The van der Waals surface area contributed by atoms with Crippen LogP contribution in [0.1, 0.15) is 48.0 Å². The number of aromatic amines is 1. The van der Waals surface area contributed by atoms with E-state index in [0.29, 0.717) is 12.1 Å². The van der Waals surface area contributed by atoms with Gasteiger partial charge in [0.25, 0.3) is 11.5 Å². The number of aromatic hydroxyl groups is 1. The van der Waals surface area contributed by atoms with Gasteiger partial charge in [0.15, 0.2) is 4.77 Å². The molecule has 146 valence electrons. The Labute approximate surface area is 167 Å². The molecule has 0 saturated heterocycles. The Balaban J connectivity index is 1.75. The summed E-state index contributed by atoms with van der Waals surface area (Å²) in [5.74, 6) is -0.673. The van der Waals surface area contributed by atoms with Crippen LogP contribution in [-0.4, -0.2) is 26.8 Å². The van der Waals surface area contributed by atoms with Crippen LogP contribution in [-0.2, 0) is 6.54 Å². The monoisotopic (exact) mass is 398 g/mol. The summed E-state index contributed by atoms with van der Waals surface area (Å²) < 4.78 is 1.64. The lowest BCUT2D eigenvalue weighted by molar-refractivity contribution is 0.0955. The molecule has 28 heavy (non-hydrogen) atoms. The average Bonchev–Trinajstić information content (AvgIpc) is 2.71. The van der Waals surface area contributed by atoms with Crippen LogP contribution in [0.4, 0.5) is 0 Å². The molecule has 3 N–H and O–H groups in total. The largest absolute Gasteiger partial charge is 0.494 e. The molecule has 1 aromatic carbocycles. The number of hydrogen-bond acceptors (Lipinski definition) is 5. The summed E-state index contributed by atoms with van der Waals surface area (Å²) in [6, 6.07) is 8.57. The van der Waals surface area contributed by atoms with Crippen LogP contribution in [0, 0.1) is 4.77 Å². The predicted octanol–water partition coefficient (Wildman–Crippen LogP) is 3.27. The summed E-state index contributed by atoms with van der Waals surface area (Å²) in [6.45, 7) is 0.463. The van der Waals surface area contributed by atoms with Crippen LogP contribution >= 0.6 is 12.2 Å². The van der Waals surface area contributed by atoms with Crippen molar-refractivity contribution in [1.29, 1.82) is 0 Å². The summed E-state index contributed by atoms with van der Waals surface area (Å²) in [6.07, 6.45) is 8.64. The van der Waals surface area contributed by atoms with Crippen LogP contribution in [0.25, 0.3) is 0 Å². The number of aromatic nitrogens is 2. The Bertz CT molecular complexity index is 1020. The minimum atomic E-state index is -0.562. The Hall–Kier alpha value is -3.00. The van der Waals surface area contributed by atoms with Crippen molar-refractivity contribution in [3.63, 3.8) is 0 Å². The van der Waals surface area contributed by atoms with Crippen LogP contribution in [0.2, 0.25) is 0 Å². The lowest BCUT2D eigenvalue weighted by Gasteiger charge is -2.15. The second-order valence-electron chi connectivity index (χ2n) is 6.57. The van der Waals surface area contributed by atoms with Gasteiger partial charge in [0.05, 0.1) is 6.21 Å². The molecule has 7 nitrogen and oxygen atoms in total. The van der Waals surface area contributed by atoms with E-state index < -0.39 is 11.5 Å². The lowest BCUT2D eigenvalue weighted by atomic mass is 9.97. The summed E-state index contributed by atoms with van der Waals surface area (Å²) in [5.41, 5.74) is 3.50. The number of hydrogen-bond donors (Lipinski definition) is 3. The maximum atomic E-state index is 12.2. The first kappa shape index (κ1) is 19.8. The summed E-state index contributed by atoms with van der Waals surface area (Å²) >= 11 is 5.19. The van der Waals surface area contributed by atoms with Gasteiger partial charge in [-0.1, -0.05) is 29.8 Å². The maximum absolute atomic E-state index is 12.2. The van der Waals surface area contributed by atoms with Gasteiger partial charge >= 0.3 is 0 Å². The second kappa shape index (κ2) is 9.27. The number of carbonyl (C=O) groups is 1. The number of carbonyl (C=O) groups excluding carboxylic acids is 1. The van der Waals surface area contributed by atoms with E-state index in [-0.39, 0.29) is 16.2 Å². The maximum Gasteiger partial charge on any atom is 0.271 e. The standard InChI is InChI=1S/C20H22N4O3S/c25-17(15-9-5-2-6-10-15)23-21-13-16-18(26)22-20(28)24(19(16)27)12-11-14-7-3-1-4-8-14/h2,5-7,9-10,13,27H,1,3-4,8,11-12H2,(H,23,25)(H,22,26,28)/b21-13+. The Kier molecular flexibility index (Phi) is 6.54. The predicted molar refractivity (Wildman–Crippen MR) is 110 cm³/mol. The normalized spacial score (nSPS) is 14.1. The molecule has 0 spiro atoms. The summed E-state index contributed by atoms with van der Waals surface area (Å²) in [4.78, 5) is 26.7. The fourth-order valence-electron chi connectivity index (χ4n) is 3.10. The van der Waals surface area contributed by atoms with Crippen LogP contribution in [0.3, 0.4) is 0 Å². The third-order valence-corrected chi connectivity index (χ3v) is 4.97. The van der Waals surface area contributed by atoms with Crippen LogP contribution in [0.15, 0.2) is 51.9 Å². The van der Waals surface area contributed by atoms with E-state index in [1.807, 2.05) is 0 Å². The van der Waals surface area contributed by atoms with Gasteiger partial charge in [0.2, 0.25) is 5.88 Å². The van der Waals surface area contributed by atoms with Gasteiger partial charge in [-0.25, -0.2) is 5.43 Å². The number of H-pyrrole nitrogens is 1. The average molecular weight is 398 g/mol. The fraction of sp³-hybridized carbons (Fsp3) is 0.300. The highest BCUT2D eigenvalue weighted by atomic mass is 32.1. The van der Waals surface area contributed by atoms with E-state index in [9.17, 15) is 14.7 Å². The van der Waals surface area contributed by atoms with Gasteiger partial charge in [-0.2, -0.15) is 5.10 Å². The molecule has 0 fully saturated rings. The SMILES string of the molecule is O=C(N/N=C/c1c(O)n(CCC2=CCCCC2)c(=S)[nH]c1=O)c1ccccc1. The molecule has 1 aromatic heterocycles. The zero-order valence-corrected chi connectivity index (χ0v) is 16.2. The summed E-state index contributed by atoms with van der Waals surface area (Å²) in [7, 11) is 0. The molecule has 1 heterocycles. The van der Waals surface area contributed by atoms with Gasteiger partial charge in [-0.05, 0) is 56.5 Å². The number of benzene rings is 1. The molecular weight excluding hydrogens is 376 g/mol. The molecule has 1 amide bonds. The molecule has 0 unspecified atom stereocenters. The molecule has 2 aromatic rings. The molecule has 0 aliphatic heterocycles. The molecular formula is C20H22N4O3S. The number of nitrogens with one attached hydrogen (secondary N) is 2. The quantitative estimate of drug-likeness (QED) is 0.301. The lowest BCUT2D eigenvalue weighted by Crippen LogP contribution is -2.21. The Morgan fingerprint density at radius 1 is 1.32 bits per heavy atom. The third kappa shape index (κ3) is 4.83. The third-order valence-electron chi connectivity index (χ3n) is 4.64. The van der Waals surface area contributed by atoms with Gasteiger partial charge in [0, 0.05) is 12.1 Å². The minimum Gasteiger partial charge on any atom is -0.494 e. The van der Waals surface area contributed by atoms with Gasteiger partial charge < -0.3 is 5.11 Å². The molecule has 0 radical (unpaired) electrons. The van der Waals surface area contributed by atoms with E-state index >= 15 is 0 Å². The first-order chi connectivity index (χ1) is 13.6. The fourth-order valence-corrected chi connectivity index (χ4v) is 3.37. The first-order valence-corrected chi connectivity index (χ1v) is 9.59. The van der Waals surface area contributed by atoms with Crippen molar-refractivity contribution in [3.8, 4) is 5.88 Å². The number of nitrogens with zero attached hydrogens (tertiary/aromatic N) is 2. The Morgan fingerprint density at radius 2 is 2.11 bits per heavy atom. The topological polar surface area (TPSA) is 99.5 Å². The van der Waals surface area contributed by atoms with Crippen molar-refractivity contribution in [3.05, 3.63) is 68.2 Å².